The average Bonchev–Trinajstić information content (AvgIpc) is 2.17. The van der Waals surface area contributed by atoms with Gasteiger partial charge in [0, 0.05) is 9.61 Å². The first-order chi connectivity index (χ1) is 7.15. The first kappa shape index (κ1) is 12.7. The zero-order chi connectivity index (χ0) is 11.3. The van der Waals surface area contributed by atoms with Crippen LogP contribution >= 0.6 is 22.6 Å². The third-order valence-corrected chi connectivity index (χ3v) is 3.27. The molecule has 0 saturated carbocycles. The van der Waals surface area contributed by atoms with E-state index in [0.717, 1.165) is 13.0 Å². The van der Waals surface area contributed by atoms with Gasteiger partial charge in [0.15, 0.2) is 0 Å². The molecule has 0 aliphatic heterocycles. The molecule has 82 valence electrons. The van der Waals surface area contributed by atoms with Gasteiger partial charge in [0.25, 0.3) is 0 Å². The Kier molecular flexibility index (Phi) is 5.32. The lowest BCUT2D eigenvalue weighted by atomic mass is 10.0. The zero-order valence-corrected chi connectivity index (χ0v) is 11.5. The molecule has 0 amide bonds. The Labute approximate surface area is 106 Å². The van der Waals surface area contributed by atoms with E-state index in [0.29, 0.717) is 6.04 Å². The van der Waals surface area contributed by atoms with Crippen molar-refractivity contribution in [3.05, 3.63) is 45.6 Å². The van der Waals surface area contributed by atoms with Crippen LogP contribution in [0.1, 0.15) is 31.9 Å². The SMILES string of the molecule is C=C(C)CC(NCC)c1ccccc1I. The van der Waals surface area contributed by atoms with E-state index in [1.807, 2.05) is 0 Å². The molecule has 0 fully saturated rings. The van der Waals surface area contributed by atoms with Crippen molar-refractivity contribution in [1.29, 1.82) is 0 Å². The Morgan fingerprint density at radius 3 is 2.67 bits per heavy atom. The van der Waals surface area contributed by atoms with E-state index in [1.54, 1.807) is 0 Å². The van der Waals surface area contributed by atoms with Crippen LogP contribution in [0.25, 0.3) is 0 Å². The van der Waals surface area contributed by atoms with Gasteiger partial charge in [0.1, 0.15) is 0 Å². The number of hydrogen-bond acceptors (Lipinski definition) is 1. The van der Waals surface area contributed by atoms with Crippen molar-refractivity contribution in [3.63, 3.8) is 0 Å². The molecule has 1 aromatic carbocycles. The molecule has 1 aromatic rings. The fraction of sp³-hybridized carbons (Fsp3) is 0.385. The maximum absolute atomic E-state index is 3.99. The maximum Gasteiger partial charge on any atom is 0.0367 e. The molecule has 0 spiro atoms. The third kappa shape index (κ3) is 3.95. The van der Waals surface area contributed by atoms with E-state index in [1.165, 1.54) is 14.7 Å². The summed E-state index contributed by atoms with van der Waals surface area (Å²) in [7, 11) is 0. The van der Waals surface area contributed by atoms with Gasteiger partial charge >= 0.3 is 0 Å². The highest BCUT2D eigenvalue weighted by molar-refractivity contribution is 14.1. The Hall–Kier alpha value is -0.350. The Balaban J connectivity index is 2.88. The molecule has 0 aliphatic carbocycles. The summed E-state index contributed by atoms with van der Waals surface area (Å²) in [6, 6.07) is 8.92. The minimum absolute atomic E-state index is 0.403. The highest BCUT2D eigenvalue weighted by Crippen LogP contribution is 2.24. The number of hydrogen-bond donors (Lipinski definition) is 1. The predicted octanol–water partition coefficient (Wildman–Crippen LogP) is 3.91. The van der Waals surface area contributed by atoms with Gasteiger partial charge in [-0.05, 0) is 54.1 Å². The Bertz CT molecular complexity index is 333. The molecule has 0 heterocycles. The molecule has 0 saturated heterocycles. The standard InChI is InChI=1S/C13H18IN/c1-4-15-13(9-10(2)3)11-7-5-6-8-12(11)14/h5-8,13,15H,2,4,9H2,1,3H3. The minimum Gasteiger partial charge on any atom is -0.310 e. The summed E-state index contributed by atoms with van der Waals surface area (Å²) < 4.78 is 1.32. The average molecular weight is 315 g/mol. The first-order valence-corrected chi connectivity index (χ1v) is 6.35. The number of halogens is 1. The summed E-state index contributed by atoms with van der Waals surface area (Å²) in [6.07, 6.45) is 1.01. The third-order valence-electron chi connectivity index (χ3n) is 2.28. The van der Waals surface area contributed by atoms with Crippen LogP contribution in [0.4, 0.5) is 0 Å². The van der Waals surface area contributed by atoms with Crippen molar-refractivity contribution in [2.24, 2.45) is 0 Å². The smallest absolute Gasteiger partial charge is 0.0367 e. The van der Waals surface area contributed by atoms with E-state index in [-0.39, 0.29) is 0 Å². The van der Waals surface area contributed by atoms with Crippen molar-refractivity contribution in [2.75, 3.05) is 6.54 Å². The fourth-order valence-corrected chi connectivity index (χ4v) is 2.41. The van der Waals surface area contributed by atoms with E-state index >= 15 is 0 Å². The number of nitrogens with one attached hydrogen (secondary N) is 1. The summed E-state index contributed by atoms with van der Waals surface area (Å²) in [5, 5.41) is 3.51. The molecule has 0 aromatic heterocycles. The molecule has 0 bridgehead atoms. The summed E-state index contributed by atoms with van der Waals surface area (Å²) in [4.78, 5) is 0. The topological polar surface area (TPSA) is 12.0 Å². The normalized spacial score (nSPS) is 12.5. The van der Waals surface area contributed by atoms with Crippen molar-refractivity contribution in [1.82, 2.24) is 5.32 Å². The second-order valence-electron chi connectivity index (χ2n) is 3.79. The van der Waals surface area contributed by atoms with Crippen LogP contribution in [0.3, 0.4) is 0 Å². The zero-order valence-electron chi connectivity index (χ0n) is 9.39. The molecular weight excluding hydrogens is 297 g/mol. The van der Waals surface area contributed by atoms with Crippen LogP contribution in [0, 0.1) is 3.57 Å². The van der Waals surface area contributed by atoms with E-state index in [2.05, 4.69) is 72.6 Å². The monoisotopic (exact) mass is 315 g/mol. The molecule has 2 heteroatoms. The molecule has 15 heavy (non-hydrogen) atoms. The number of benzene rings is 1. The van der Waals surface area contributed by atoms with Gasteiger partial charge in [-0.1, -0.05) is 30.7 Å². The van der Waals surface area contributed by atoms with Crippen molar-refractivity contribution in [2.45, 2.75) is 26.3 Å². The van der Waals surface area contributed by atoms with Gasteiger partial charge in [0.05, 0.1) is 0 Å². The highest BCUT2D eigenvalue weighted by atomic mass is 127. The molecule has 1 atom stereocenters. The van der Waals surface area contributed by atoms with Crippen LogP contribution in [-0.2, 0) is 0 Å². The largest absolute Gasteiger partial charge is 0.310 e. The van der Waals surface area contributed by atoms with Crippen molar-refractivity contribution in [3.8, 4) is 0 Å². The minimum atomic E-state index is 0.403. The predicted molar refractivity (Wildman–Crippen MR) is 75.0 cm³/mol. The fourth-order valence-electron chi connectivity index (χ4n) is 1.64. The van der Waals surface area contributed by atoms with Crippen LogP contribution in [0.15, 0.2) is 36.4 Å². The van der Waals surface area contributed by atoms with Gasteiger partial charge in [-0.15, -0.1) is 6.58 Å². The lowest BCUT2D eigenvalue weighted by Gasteiger charge is -2.19. The summed E-state index contributed by atoms with van der Waals surface area (Å²) in [5.41, 5.74) is 2.60. The van der Waals surface area contributed by atoms with E-state index < -0.39 is 0 Å². The lowest BCUT2D eigenvalue weighted by molar-refractivity contribution is 0.546. The lowest BCUT2D eigenvalue weighted by Crippen LogP contribution is -2.21. The first-order valence-electron chi connectivity index (χ1n) is 5.27. The molecule has 1 rings (SSSR count). The second kappa shape index (κ2) is 6.28. The van der Waals surface area contributed by atoms with Gasteiger partial charge in [-0.3, -0.25) is 0 Å². The molecular formula is C13H18IN. The van der Waals surface area contributed by atoms with Crippen LogP contribution in [0.5, 0.6) is 0 Å². The second-order valence-corrected chi connectivity index (χ2v) is 4.96. The Morgan fingerprint density at radius 2 is 2.13 bits per heavy atom. The Morgan fingerprint density at radius 1 is 1.47 bits per heavy atom. The molecule has 0 radical (unpaired) electrons. The maximum atomic E-state index is 3.99. The summed E-state index contributed by atoms with van der Waals surface area (Å²) in [6.45, 7) is 9.20. The van der Waals surface area contributed by atoms with Gasteiger partial charge in [0.2, 0.25) is 0 Å². The molecule has 0 aliphatic rings. The molecule has 1 unspecified atom stereocenters. The quantitative estimate of drug-likeness (QED) is 0.642. The van der Waals surface area contributed by atoms with Crippen LogP contribution in [-0.4, -0.2) is 6.54 Å². The van der Waals surface area contributed by atoms with Crippen LogP contribution < -0.4 is 5.32 Å². The summed E-state index contributed by atoms with van der Waals surface area (Å²) in [5.74, 6) is 0. The van der Waals surface area contributed by atoms with E-state index in [4.69, 9.17) is 0 Å². The van der Waals surface area contributed by atoms with Gasteiger partial charge in [-0.25, -0.2) is 0 Å². The van der Waals surface area contributed by atoms with Gasteiger partial charge < -0.3 is 5.32 Å². The van der Waals surface area contributed by atoms with Gasteiger partial charge in [-0.2, -0.15) is 0 Å². The number of rotatable bonds is 5. The van der Waals surface area contributed by atoms with Crippen molar-refractivity contribution < 1.29 is 0 Å². The van der Waals surface area contributed by atoms with E-state index in [9.17, 15) is 0 Å². The summed E-state index contributed by atoms with van der Waals surface area (Å²) >= 11 is 2.39. The molecule has 1 N–H and O–H groups in total. The van der Waals surface area contributed by atoms with Crippen LogP contribution in [0.2, 0.25) is 0 Å². The van der Waals surface area contributed by atoms with Crippen molar-refractivity contribution >= 4 is 22.6 Å². The highest BCUT2D eigenvalue weighted by Gasteiger charge is 2.12. The molecule has 1 nitrogen and oxygen atoms in total.